The largest absolute Gasteiger partial charge is 0.329 e. The minimum absolute atomic E-state index is 0.124. The molecule has 0 bridgehead atoms. The van der Waals surface area contributed by atoms with Gasteiger partial charge in [-0.05, 0) is 22.0 Å². The molecule has 1 rings (SSSR count). The van der Waals surface area contributed by atoms with Crippen LogP contribution in [-0.4, -0.2) is 25.6 Å². The summed E-state index contributed by atoms with van der Waals surface area (Å²) in [5, 5.41) is 1.89. The summed E-state index contributed by atoms with van der Waals surface area (Å²) >= 11 is 10.9. The van der Waals surface area contributed by atoms with Crippen molar-refractivity contribution in [2.45, 2.75) is 6.04 Å². The van der Waals surface area contributed by atoms with Gasteiger partial charge in [0.2, 0.25) is 0 Å². The lowest BCUT2D eigenvalue weighted by Gasteiger charge is -2.20. The normalized spacial score (nSPS) is 13.6. The van der Waals surface area contributed by atoms with Gasteiger partial charge in [-0.1, -0.05) is 11.6 Å². The molecule has 1 heterocycles. The highest BCUT2D eigenvalue weighted by molar-refractivity contribution is 9.10. The van der Waals surface area contributed by atoms with Gasteiger partial charge in [-0.3, -0.25) is 0 Å². The summed E-state index contributed by atoms with van der Waals surface area (Å²) in [6, 6.07) is 2.12. The third kappa shape index (κ3) is 3.18. The zero-order chi connectivity index (χ0) is 10.7. The average Bonchev–Trinajstić information content (AvgIpc) is 2.42. The molecule has 0 aromatic carbocycles. The van der Waals surface area contributed by atoms with Crippen molar-refractivity contribution in [3.8, 4) is 0 Å². The molecule has 0 aliphatic rings. The van der Waals surface area contributed by atoms with Crippen molar-refractivity contribution in [1.82, 2.24) is 10.4 Å². The highest BCUT2D eigenvalue weighted by atomic mass is 79.9. The minimum atomic E-state index is 0.124. The first-order valence-electron chi connectivity index (χ1n) is 4.13. The van der Waals surface area contributed by atoms with Gasteiger partial charge < -0.3 is 5.73 Å². The Hall–Kier alpha value is 0.350. The lowest BCUT2D eigenvalue weighted by Crippen LogP contribution is -2.37. The molecule has 1 aromatic heterocycles. The van der Waals surface area contributed by atoms with E-state index in [1.54, 1.807) is 0 Å². The van der Waals surface area contributed by atoms with Crippen LogP contribution in [-0.2, 0) is 0 Å². The van der Waals surface area contributed by atoms with Crippen LogP contribution in [0, 0.1) is 0 Å². The van der Waals surface area contributed by atoms with Crippen LogP contribution in [0.25, 0.3) is 0 Å². The van der Waals surface area contributed by atoms with Crippen LogP contribution in [0.3, 0.4) is 0 Å². The topological polar surface area (TPSA) is 41.3 Å². The summed E-state index contributed by atoms with van der Waals surface area (Å²) in [6.45, 7) is 0.543. The van der Waals surface area contributed by atoms with Crippen LogP contribution in [0.2, 0.25) is 4.34 Å². The minimum Gasteiger partial charge on any atom is -0.329 e. The maximum atomic E-state index is 5.96. The maximum Gasteiger partial charge on any atom is 0.107 e. The molecule has 1 unspecified atom stereocenters. The summed E-state index contributed by atoms with van der Waals surface area (Å²) in [6.07, 6.45) is 0. The summed E-state index contributed by atoms with van der Waals surface area (Å²) in [5.41, 5.74) is 8.90. The number of hydrogen-bond donors (Lipinski definition) is 2. The van der Waals surface area contributed by atoms with E-state index in [0.717, 1.165) is 13.7 Å². The molecule has 3 nitrogen and oxygen atoms in total. The molecule has 0 amide bonds. The molecule has 6 heteroatoms. The van der Waals surface area contributed by atoms with Crippen LogP contribution in [0.5, 0.6) is 0 Å². The van der Waals surface area contributed by atoms with Gasteiger partial charge in [-0.25, -0.2) is 10.4 Å². The van der Waals surface area contributed by atoms with E-state index in [1.807, 2.05) is 25.2 Å². The molecule has 1 aromatic rings. The zero-order valence-corrected chi connectivity index (χ0v) is 11.2. The molecule has 3 N–H and O–H groups in total. The first kappa shape index (κ1) is 12.4. The molecule has 0 saturated carbocycles. The Morgan fingerprint density at radius 1 is 1.71 bits per heavy atom. The number of thiophene rings is 1. The van der Waals surface area contributed by atoms with Gasteiger partial charge in [-0.2, -0.15) is 0 Å². The van der Waals surface area contributed by atoms with Gasteiger partial charge in [0.15, 0.2) is 0 Å². The van der Waals surface area contributed by atoms with Crippen molar-refractivity contribution in [2.24, 2.45) is 5.73 Å². The van der Waals surface area contributed by atoms with E-state index >= 15 is 0 Å². The zero-order valence-electron chi connectivity index (χ0n) is 8.05. The molecular weight excluding hydrogens is 286 g/mol. The van der Waals surface area contributed by atoms with Crippen LogP contribution >= 0.6 is 38.9 Å². The summed E-state index contributed by atoms with van der Waals surface area (Å²) in [4.78, 5) is 1.14. The van der Waals surface area contributed by atoms with E-state index in [0.29, 0.717) is 6.54 Å². The van der Waals surface area contributed by atoms with E-state index in [2.05, 4.69) is 21.4 Å². The Balaban J connectivity index is 2.78. The number of hydrogen-bond acceptors (Lipinski definition) is 4. The SMILES string of the molecule is CN(C)NC(CN)c1cc(Br)c(Cl)s1. The standard InChI is InChI=1S/C8H13BrClN3S/c1-13(2)12-6(4-11)7-3-5(9)8(10)14-7/h3,6,12H,4,11H2,1-2H3. The van der Waals surface area contributed by atoms with Crippen LogP contribution in [0.1, 0.15) is 10.9 Å². The molecule has 0 aliphatic carbocycles. The molecule has 14 heavy (non-hydrogen) atoms. The number of halogens is 2. The van der Waals surface area contributed by atoms with Crippen LogP contribution in [0.15, 0.2) is 10.5 Å². The smallest absolute Gasteiger partial charge is 0.107 e. The van der Waals surface area contributed by atoms with Crippen molar-refractivity contribution in [1.29, 1.82) is 0 Å². The van der Waals surface area contributed by atoms with E-state index < -0.39 is 0 Å². The molecule has 0 radical (unpaired) electrons. The molecule has 0 saturated heterocycles. The molecule has 80 valence electrons. The second-order valence-corrected chi connectivity index (χ2v) is 5.62. The Bertz CT molecular complexity index is 283. The van der Waals surface area contributed by atoms with E-state index in [-0.39, 0.29) is 6.04 Å². The number of rotatable bonds is 4. The highest BCUT2D eigenvalue weighted by Crippen LogP contribution is 2.34. The molecule has 0 spiro atoms. The fraction of sp³-hybridized carbons (Fsp3) is 0.500. The van der Waals surface area contributed by atoms with Crippen molar-refractivity contribution in [2.75, 3.05) is 20.6 Å². The van der Waals surface area contributed by atoms with E-state index in [1.165, 1.54) is 11.3 Å². The molecule has 0 aliphatic heterocycles. The van der Waals surface area contributed by atoms with Gasteiger partial charge in [0.05, 0.1) is 6.04 Å². The lowest BCUT2D eigenvalue weighted by molar-refractivity contribution is 0.247. The van der Waals surface area contributed by atoms with Gasteiger partial charge in [-0.15, -0.1) is 11.3 Å². The van der Waals surface area contributed by atoms with Crippen molar-refractivity contribution in [3.63, 3.8) is 0 Å². The molecular formula is C8H13BrClN3S. The van der Waals surface area contributed by atoms with Crippen molar-refractivity contribution in [3.05, 3.63) is 19.8 Å². The average molecular weight is 299 g/mol. The fourth-order valence-electron chi connectivity index (χ4n) is 1.08. The van der Waals surface area contributed by atoms with E-state index in [4.69, 9.17) is 17.3 Å². The first-order valence-corrected chi connectivity index (χ1v) is 6.11. The lowest BCUT2D eigenvalue weighted by atomic mass is 10.2. The second kappa shape index (κ2) is 5.44. The Kier molecular flexibility index (Phi) is 4.82. The monoisotopic (exact) mass is 297 g/mol. The van der Waals surface area contributed by atoms with Gasteiger partial charge in [0.1, 0.15) is 4.34 Å². The second-order valence-electron chi connectivity index (χ2n) is 3.08. The number of nitrogens with zero attached hydrogens (tertiary/aromatic N) is 1. The predicted octanol–water partition coefficient (Wildman–Crippen LogP) is 2.23. The Labute approximate surface area is 101 Å². The predicted molar refractivity (Wildman–Crippen MR) is 65.6 cm³/mol. The molecule has 0 fully saturated rings. The summed E-state index contributed by atoms with van der Waals surface area (Å²) in [5.74, 6) is 0. The summed E-state index contributed by atoms with van der Waals surface area (Å²) in [7, 11) is 3.87. The van der Waals surface area contributed by atoms with Crippen molar-refractivity contribution < 1.29 is 0 Å². The third-order valence-corrected chi connectivity index (χ3v) is 4.25. The fourth-order valence-corrected chi connectivity index (χ4v) is 2.87. The third-order valence-electron chi connectivity index (χ3n) is 1.66. The maximum absolute atomic E-state index is 5.96. The van der Waals surface area contributed by atoms with Crippen molar-refractivity contribution >= 4 is 38.9 Å². The Morgan fingerprint density at radius 2 is 2.36 bits per heavy atom. The first-order chi connectivity index (χ1) is 6.54. The van der Waals surface area contributed by atoms with Crippen LogP contribution < -0.4 is 11.2 Å². The number of nitrogens with two attached hydrogens (primary N) is 1. The highest BCUT2D eigenvalue weighted by Gasteiger charge is 2.14. The summed E-state index contributed by atoms with van der Waals surface area (Å²) < 4.78 is 1.69. The molecule has 1 atom stereocenters. The Morgan fingerprint density at radius 3 is 2.71 bits per heavy atom. The van der Waals surface area contributed by atoms with Gasteiger partial charge >= 0.3 is 0 Å². The quantitative estimate of drug-likeness (QED) is 0.838. The van der Waals surface area contributed by atoms with Crippen LogP contribution in [0.4, 0.5) is 0 Å². The van der Waals surface area contributed by atoms with Gasteiger partial charge in [0.25, 0.3) is 0 Å². The van der Waals surface area contributed by atoms with Gasteiger partial charge in [0, 0.05) is 30.0 Å². The van der Waals surface area contributed by atoms with E-state index in [9.17, 15) is 0 Å². The number of nitrogens with one attached hydrogen (secondary N) is 1. The number of hydrazine groups is 1.